The first-order valence-electron chi connectivity index (χ1n) is 7.77. The van der Waals surface area contributed by atoms with E-state index < -0.39 is 0 Å². The standard InChI is InChI=1S/C20H22N2O2/c1-16-8-6-11-18(14-16)24-15-20(23)21-13-7-10-17-9-4-5-12-19(17)22(2)3/h4-6,8-9,11-12,14H,13,15H2,1-3H3,(H,21,23). The number of aryl methyl sites for hydroxylation is 1. The molecule has 2 aromatic carbocycles. The van der Waals surface area contributed by atoms with Crippen LogP contribution in [-0.2, 0) is 4.79 Å². The zero-order valence-corrected chi connectivity index (χ0v) is 14.3. The van der Waals surface area contributed by atoms with Gasteiger partial charge in [0, 0.05) is 19.7 Å². The average molecular weight is 322 g/mol. The summed E-state index contributed by atoms with van der Waals surface area (Å²) in [5.74, 6) is 6.56. The van der Waals surface area contributed by atoms with Gasteiger partial charge in [0.15, 0.2) is 6.61 Å². The first-order chi connectivity index (χ1) is 11.6. The summed E-state index contributed by atoms with van der Waals surface area (Å²) < 4.78 is 5.45. The number of ether oxygens (including phenoxy) is 1. The van der Waals surface area contributed by atoms with Crippen LogP contribution in [0, 0.1) is 18.8 Å². The van der Waals surface area contributed by atoms with Crippen LogP contribution >= 0.6 is 0 Å². The maximum absolute atomic E-state index is 11.8. The molecule has 1 amide bonds. The third-order valence-electron chi connectivity index (χ3n) is 3.34. The summed E-state index contributed by atoms with van der Waals surface area (Å²) in [5.41, 5.74) is 3.09. The van der Waals surface area contributed by atoms with Gasteiger partial charge in [-0.15, -0.1) is 0 Å². The number of hydrogen-bond donors (Lipinski definition) is 1. The predicted molar refractivity (Wildman–Crippen MR) is 97.3 cm³/mol. The van der Waals surface area contributed by atoms with E-state index in [0.29, 0.717) is 5.75 Å². The van der Waals surface area contributed by atoms with Crippen molar-refractivity contribution in [2.75, 3.05) is 32.1 Å². The molecule has 0 fully saturated rings. The molecule has 2 rings (SSSR count). The van der Waals surface area contributed by atoms with Gasteiger partial charge >= 0.3 is 0 Å². The Hall–Kier alpha value is -2.93. The van der Waals surface area contributed by atoms with Gasteiger partial charge in [0.25, 0.3) is 5.91 Å². The molecule has 0 aliphatic heterocycles. The molecule has 4 heteroatoms. The summed E-state index contributed by atoms with van der Waals surface area (Å²) in [6.45, 7) is 2.26. The zero-order valence-electron chi connectivity index (χ0n) is 14.3. The molecule has 124 valence electrons. The Morgan fingerprint density at radius 3 is 2.71 bits per heavy atom. The summed E-state index contributed by atoms with van der Waals surface area (Å²) in [4.78, 5) is 13.8. The van der Waals surface area contributed by atoms with E-state index in [2.05, 4.69) is 17.2 Å². The number of nitrogens with zero attached hydrogens (tertiary/aromatic N) is 1. The summed E-state index contributed by atoms with van der Waals surface area (Å²) in [6, 6.07) is 15.5. The topological polar surface area (TPSA) is 41.6 Å². The van der Waals surface area contributed by atoms with Crippen molar-refractivity contribution in [2.45, 2.75) is 6.92 Å². The minimum atomic E-state index is -0.188. The lowest BCUT2D eigenvalue weighted by molar-refractivity contribution is -0.122. The number of anilines is 1. The monoisotopic (exact) mass is 322 g/mol. The fourth-order valence-corrected chi connectivity index (χ4v) is 2.16. The van der Waals surface area contributed by atoms with E-state index in [0.717, 1.165) is 16.8 Å². The number of rotatable bonds is 5. The molecule has 2 aromatic rings. The first-order valence-corrected chi connectivity index (χ1v) is 7.77. The van der Waals surface area contributed by atoms with Crippen molar-refractivity contribution in [3.63, 3.8) is 0 Å². The smallest absolute Gasteiger partial charge is 0.258 e. The Morgan fingerprint density at radius 2 is 1.96 bits per heavy atom. The van der Waals surface area contributed by atoms with Crippen molar-refractivity contribution in [2.24, 2.45) is 0 Å². The van der Waals surface area contributed by atoms with E-state index in [4.69, 9.17) is 4.74 Å². The Morgan fingerprint density at radius 1 is 1.17 bits per heavy atom. The summed E-state index contributed by atoms with van der Waals surface area (Å²) in [5, 5.41) is 2.74. The van der Waals surface area contributed by atoms with Gasteiger partial charge in [-0.05, 0) is 36.8 Å². The van der Waals surface area contributed by atoms with Crippen LogP contribution in [0.1, 0.15) is 11.1 Å². The van der Waals surface area contributed by atoms with Gasteiger partial charge in [0.05, 0.1) is 12.2 Å². The largest absolute Gasteiger partial charge is 0.484 e. The second-order valence-electron chi connectivity index (χ2n) is 5.60. The van der Waals surface area contributed by atoms with E-state index in [9.17, 15) is 4.79 Å². The van der Waals surface area contributed by atoms with Crippen LogP contribution in [0.3, 0.4) is 0 Å². The number of benzene rings is 2. The Kier molecular flexibility index (Phi) is 6.27. The van der Waals surface area contributed by atoms with E-state index in [1.54, 1.807) is 0 Å². The molecule has 0 spiro atoms. The van der Waals surface area contributed by atoms with E-state index in [1.165, 1.54) is 0 Å². The van der Waals surface area contributed by atoms with Crippen molar-refractivity contribution < 1.29 is 9.53 Å². The van der Waals surface area contributed by atoms with Gasteiger partial charge in [-0.1, -0.05) is 36.1 Å². The lowest BCUT2D eigenvalue weighted by Crippen LogP contribution is -2.29. The molecule has 0 saturated heterocycles. The molecule has 1 N–H and O–H groups in total. The third-order valence-corrected chi connectivity index (χ3v) is 3.34. The molecule has 0 aliphatic carbocycles. The van der Waals surface area contributed by atoms with Crippen molar-refractivity contribution in [3.8, 4) is 17.6 Å². The molecular formula is C20H22N2O2. The highest BCUT2D eigenvalue weighted by Crippen LogP contribution is 2.16. The molecular weight excluding hydrogens is 300 g/mol. The SMILES string of the molecule is Cc1cccc(OCC(=O)NCC#Cc2ccccc2N(C)C)c1. The highest BCUT2D eigenvalue weighted by atomic mass is 16.5. The molecule has 0 bridgehead atoms. The minimum absolute atomic E-state index is 0.0145. The van der Waals surface area contributed by atoms with Crippen molar-refractivity contribution in [1.82, 2.24) is 5.32 Å². The fraction of sp³-hybridized carbons (Fsp3) is 0.250. The molecule has 0 unspecified atom stereocenters. The molecule has 0 heterocycles. The van der Waals surface area contributed by atoms with Crippen LogP contribution < -0.4 is 15.0 Å². The van der Waals surface area contributed by atoms with E-state index >= 15 is 0 Å². The van der Waals surface area contributed by atoms with Crippen molar-refractivity contribution in [3.05, 3.63) is 59.7 Å². The quantitative estimate of drug-likeness (QED) is 0.861. The van der Waals surface area contributed by atoms with E-state index in [1.807, 2.05) is 74.4 Å². The zero-order chi connectivity index (χ0) is 17.4. The number of carbonyl (C=O) groups is 1. The summed E-state index contributed by atoms with van der Waals surface area (Å²) >= 11 is 0. The van der Waals surface area contributed by atoms with Crippen LogP contribution in [0.4, 0.5) is 5.69 Å². The number of nitrogens with one attached hydrogen (secondary N) is 1. The lowest BCUT2D eigenvalue weighted by Gasteiger charge is -2.13. The minimum Gasteiger partial charge on any atom is -0.484 e. The van der Waals surface area contributed by atoms with Crippen LogP contribution in [0.15, 0.2) is 48.5 Å². The van der Waals surface area contributed by atoms with Crippen molar-refractivity contribution in [1.29, 1.82) is 0 Å². The Bertz CT molecular complexity index is 757. The van der Waals surface area contributed by atoms with Gasteiger partial charge in [-0.3, -0.25) is 4.79 Å². The second-order valence-corrected chi connectivity index (χ2v) is 5.60. The maximum Gasteiger partial charge on any atom is 0.258 e. The van der Waals surface area contributed by atoms with Crippen LogP contribution in [0.2, 0.25) is 0 Å². The summed E-state index contributed by atoms with van der Waals surface area (Å²) in [6.07, 6.45) is 0. The number of carbonyl (C=O) groups excluding carboxylic acids is 1. The van der Waals surface area contributed by atoms with Crippen molar-refractivity contribution >= 4 is 11.6 Å². The molecule has 24 heavy (non-hydrogen) atoms. The molecule has 0 aliphatic rings. The fourth-order valence-electron chi connectivity index (χ4n) is 2.16. The second kappa shape index (κ2) is 8.64. The first kappa shape index (κ1) is 17.4. The number of para-hydroxylation sites is 1. The lowest BCUT2D eigenvalue weighted by atomic mass is 10.1. The Balaban J connectivity index is 1.81. The van der Waals surface area contributed by atoms with Gasteiger partial charge in [-0.2, -0.15) is 0 Å². The molecule has 0 radical (unpaired) electrons. The predicted octanol–water partition coefficient (Wildman–Crippen LogP) is 2.61. The maximum atomic E-state index is 11.8. The molecule has 0 aromatic heterocycles. The van der Waals surface area contributed by atoms with Crippen LogP contribution in [-0.4, -0.2) is 33.2 Å². The Labute approximate surface area is 143 Å². The van der Waals surface area contributed by atoms with Gasteiger partial charge < -0.3 is 15.0 Å². The van der Waals surface area contributed by atoms with E-state index in [-0.39, 0.29) is 19.1 Å². The third kappa shape index (κ3) is 5.36. The molecule has 0 saturated carbocycles. The molecule has 4 nitrogen and oxygen atoms in total. The normalized spacial score (nSPS) is 9.62. The van der Waals surface area contributed by atoms with Gasteiger partial charge in [0.1, 0.15) is 5.75 Å². The van der Waals surface area contributed by atoms with Gasteiger partial charge in [0.2, 0.25) is 0 Å². The van der Waals surface area contributed by atoms with Crippen LogP contribution in [0.5, 0.6) is 5.75 Å². The number of hydrogen-bond acceptors (Lipinski definition) is 3. The van der Waals surface area contributed by atoms with Crippen LogP contribution in [0.25, 0.3) is 0 Å². The average Bonchev–Trinajstić information content (AvgIpc) is 2.57. The highest BCUT2D eigenvalue weighted by molar-refractivity contribution is 5.77. The highest BCUT2D eigenvalue weighted by Gasteiger charge is 2.02. The summed E-state index contributed by atoms with van der Waals surface area (Å²) in [7, 11) is 3.95. The molecule has 0 atom stereocenters. The number of amides is 1. The van der Waals surface area contributed by atoms with Gasteiger partial charge in [-0.25, -0.2) is 0 Å².